The van der Waals surface area contributed by atoms with Crippen molar-refractivity contribution in [2.24, 2.45) is 11.5 Å². The maximum atomic E-state index is 11.1. The van der Waals surface area contributed by atoms with Gasteiger partial charge in [0.1, 0.15) is 19.0 Å². The highest BCUT2D eigenvalue weighted by molar-refractivity contribution is 7.71. The summed E-state index contributed by atoms with van der Waals surface area (Å²) >= 11 is 10.7. The summed E-state index contributed by atoms with van der Waals surface area (Å²) in [7, 11) is 0. The highest BCUT2D eigenvalue weighted by Gasteiger charge is 2.29. The Bertz CT molecular complexity index is 1730. The van der Waals surface area contributed by atoms with Crippen LogP contribution < -0.4 is 20.9 Å². The van der Waals surface area contributed by atoms with Gasteiger partial charge >= 0.3 is 5.69 Å². The summed E-state index contributed by atoms with van der Waals surface area (Å²) in [6.45, 7) is 1.89. The summed E-state index contributed by atoms with van der Waals surface area (Å²) in [5.74, 6) is 1.07. The van der Waals surface area contributed by atoms with E-state index in [0.717, 1.165) is 22.5 Å². The van der Waals surface area contributed by atoms with Gasteiger partial charge in [0, 0.05) is 78.8 Å². The van der Waals surface area contributed by atoms with E-state index in [-0.39, 0.29) is 23.5 Å². The molecule has 0 radical (unpaired) electrons. The molecule has 2 aliphatic rings. The van der Waals surface area contributed by atoms with Crippen molar-refractivity contribution >= 4 is 35.8 Å². The number of aromatic amines is 2. The van der Waals surface area contributed by atoms with Crippen LogP contribution in [-0.2, 0) is 25.7 Å². The first-order chi connectivity index (χ1) is 21.2. The summed E-state index contributed by atoms with van der Waals surface area (Å²) in [5.41, 5.74) is 15.0. The lowest BCUT2D eigenvalue weighted by Crippen LogP contribution is -2.26. The molecule has 2 aromatic carbocycles. The molecule has 0 aliphatic carbocycles. The summed E-state index contributed by atoms with van der Waals surface area (Å²) in [6.07, 6.45) is 6.43. The van der Waals surface area contributed by atoms with Gasteiger partial charge in [0.2, 0.25) is 0 Å². The lowest BCUT2D eigenvalue weighted by atomic mass is 10.0. The largest absolute Gasteiger partial charge is 0.491 e. The van der Waals surface area contributed by atoms with Gasteiger partial charge in [0.05, 0.1) is 21.9 Å². The molecule has 0 spiro atoms. The Morgan fingerprint density at radius 3 is 2.00 bits per heavy atom. The van der Waals surface area contributed by atoms with Gasteiger partial charge < -0.3 is 40.0 Å². The molecule has 0 saturated heterocycles. The molecule has 232 valence electrons. The average Bonchev–Trinajstić information content (AvgIpc) is 3.57. The molecule has 0 fully saturated rings. The molecule has 2 aromatic heterocycles. The van der Waals surface area contributed by atoms with Crippen LogP contribution in [0, 0.1) is 29.8 Å². The van der Waals surface area contributed by atoms with Gasteiger partial charge in [-0.3, -0.25) is 20.2 Å². The van der Waals surface area contributed by atoms with Crippen LogP contribution in [0.5, 0.6) is 11.5 Å². The van der Waals surface area contributed by atoms with E-state index < -0.39 is 9.85 Å². The summed E-state index contributed by atoms with van der Waals surface area (Å²) < 4.78 is 16.7. The third-order valence-corrected chi connectivity index (χ3v) is 8.23. The number of ether oxygens (including phenoxy) is 2. The van der Waals surface area contributed by atoms with Gasteiger partial charge in [-0.05, 0) is 43.6 Å². The molecule has 44 heavy (non-hydrogen) atoms. The van der Waals surface area contributed by atoms with Gasteiger partial charge in [0.15, 0.2) is 15.3 Å². The molecule has 4 heterocycles. The molecule has 6 N–H and O–H groups in total. The molecule has 2 unspecified atom stereocenters. The lowest BCUT2D eigenvalue weighted by Gasteiger charge is -2.27. The molecule has 16 heteroatoms. The fraction of sp³-hybridized carbons (Fsp3) is 0.357. The van der Waals surface area contributed by atoms with E-state index in [0.29, 0.717) is 73.0 Å². The number of non-ortho nitro benzene ring substituents is 1. The normalized spacial score (nSPS) is 16.9. The van der Waals surface area contributed by atoms with Crippen LogP contribution in [0.2, 0.25) is 0 Å². The number of nitrogens with zero attached hydrogens (tertiary/aromatic N) is 4. The number of aromatic nitrogens is 4. The maximum Gasteiger partial charge on any atom is 0.311 e. The van der Waals surface area contributed by atoms with Crippen molar-refractivity contribution in [1.29, 1.82) is 0 Å². The number of nitro benzene ring substituents is 2. The summed E-state index contributed by atoms with van der Waals surface area (Å²) in [5, 5.41) is 22.0. The van der Waals surface area contributed by atoms with E-state index in [1.54, 1.807) is 18.2 Å². The minimum Gasteiger partial charge on any atom is -0.491 e. The topological polar surface area (TPSA) is 198 Å². The number of H-pyrrole nitrogens is 2. The maximum absolute atomic E-state index is 11.1. The van der Waals surface area contributed by atoms with E-state index in [9.17, 15) is 20.2 Å². The van der Waals surface area contributed by atoms with Crippen LogP contribution >= 0.6 is 24.4 Å². The Kier molecular flexibility index (Phi) is 9.53. The Hall–Kier alpha value is -4.38. The fourth-order valence-electron chi connectivity index (χ4n) is 5.66. The molecule has 2 atom stereocenters. The number of hydrogen-bond acceptors (Lipinski definition) is 10. The summed E-state index contributed by atoms with van der Waals surface area (Å²) in [6, 6.07) is 9.70. The van der Waals surface area contributed by atoms with E-state index in [1.165, 1.54) is 12.1 Å². The Morgan fingerprint density at radius 1 is 0.841 bits per heavy atom. The number of hydrogen-bond donors (Lipinski definition) is 4. The van der Waals surface area contributed by atoms with E-state index in [2.05, 4.69) is 9.97 Å². The second-order valence-electron chi connectivity index (χ2n) is 10.4. The van der Waals surface area contributed by atoms with Crippen molar-refractivity contribution < 1.29 is 19.3 Å². The zero-order valence-corrected chi connectivity index (χ0v) is 25.3. The van der Waals surface area contributed by atoms with Gasteiger partial charge in [-0.25, -0.2) is 0 Å². The van der Waals surface area contributed by atoms with Crippen molar-refractivity contribution in [3.05, 3.63) is 101 Å². The monoisotopic (exact) mass is 640 g/mol. The molecule has 4 aromatic rings. The van der Waals surface area contributed by atoms with Gasteiger partial charge in [-0.1, -0.05) is 12.1 Å². The van der Waals surface area contributed by atoms with Crippen LogP contribution in [0.4, 0.5) is 11.4 Å². The van der Waals surface area contributed by atoms with Crippen molar-refractivity contribution in [3.8, 4) is 11.5 Å². The van der Waals surface area contributed by atoms with Gasteiger partial charge in [0.25, 0.3) is 5.69 Å². The number of benzene rings is 2. The second-order valence-corrected chi connectivity index (χ2v) is 11.2. The van der Waals surface area contributed by atoms with Crippen LogP contribution in [0.25, 0.3) is 0 Å². The Labute approximate surface area is 261 Å². The van der Waals surface area contributed by atoms with Gasteiger partial charge in [-0.15, -0.1) is 0 Å². The Morgan fingerprint density at radius 2 is 1.43 bits per heavy atom. The molecule has 2 aliphatic heterocycles. The third-order valence-electron chi connectivity index (χ3n) is 7.60. The minimum absolute atomic E-state index is 0.00908. The zero-order valence-electron chi connectivity index (χ0n) is 23.6. The number of nitrogens with two attached hydrogens (primary N) is 2. The predicted octanol–water partition coefficient (Wildman–Crippen LogP) is 4.26. The zero-order chi connectivity index (χ0) is 31.4. The van der Waals surface area contributed by atoms with Crippen molar-refractivity contribution in [3.63, 3.8) is 0 Å². The molecule has 14 nitrogen and oxygen atoms in total. The summed E-state index contributed by atoms with van der Waals surface area (Å²) in [4.78, 5) is 27.2. The molecule has 6 rings (SSSR count). The number of rotatable bonds is 8. The number of nitro groups is 2. The fourth-order valence-corrected chi connectivity index (χ4v) is 6.31. The predicted molar refractivity (Wildman–Crippen MR) is 167 cm³/mol. The second kappa shape index (κ2) is 13.5. The quantitative estimate of drug-likeness (QED) is 0.123. The van der Waals surface area contributed by atoms with E-state index in [4.69, 9.17) is 45.4 Å². The molecular weight excluding hydrogens is 608 g/mol. The van der Waals surface area contributed by atoms with Gasteiger partial charge in [-0.2, -0.15) is 0 Å². The first kappa shape index (κ1) is 31.1. The smallest absolute Gasteiger partial charge is 0.311 e. The van der Waals surface area contributed by atoms with Crippen molar-refractivity contribution in [2.75, 3.05) is 26.3 Å². The van der Waals surface area contributed by atoms with Crippen molar-refractivity contribution in [2.45, 2.75) is 37.8 Å². The molecule has 0 amide bonds. The highest BCUT2D eigenvalue weighted by Crippen LogP contribution is 2.37. The SMILES string of the molecule is NCCc1c[nH]c(=S)n1C1COc2c(cccc2[N+](=O)[O-])C1.NCCc1c[nH]c(=S)n1C1COc2ccc([N+](=O)[O-])cc2C1. The third kappa shape index (κ3) is 6.42. The van der Waals surface area contributed by atoms with Crippen molar-refractivity contribution in [1.82, 2.24) is 19.1 Å². The van der Waals surface area contributed by atoms with Crippen LogP contribution in [-0.4, -0.2) is 55.3 Å². The number of para-hydroxylation sites is 1. The first-order valence-corrected chi connectivity index (χ1v) is 14.8. The van der Waals surface area contributed by atoms with Crippen LogP contribution in [0.3, 0.4) is 0 Å². The molecular formula is C28H32N8O6S2. The average molecular weight is 641 g/mol. The van der Waals surface area contributed by atoms with Crippen LogP contribution in [0.1, 0.15) is 34.6 Å². The Balaban J connectivity index is 0.000000175. The number of nitrogens with one attached hydrogen (secondary N) is 2. The first-order valence-electron chi connectivity index (χ1n) is 14.0. The van der Waals surface area contributed by atoms with E-state index in [1.807, 2.05) is 27.6 Å². The minimum atomic E-state index is -0.416. The highest BCUT2D eigenvalue weighted by atomic mass is 32.1. The molecule has 0 saturated carbocycles. The standard InChI is InChI=1S/2C14H16N4O3S/c15-4-3-11-7-16-14(22)17(11)12-6-9-5-10(18(19)20)1-2-13(9)21-8-12;15-5-4-10-7-16-14(22)17(10)11-6-9-2-1-3-12(18(19)20)13(9)21-8-11/h1-2,5,7,12H,3-4,6,8,15H2,(H,16,22);1-3,7,11H,4-6,8,15H2,(H,16,22). The number of imidazole rings is 2. The lowest BCUT2D eigenvalue weighted by molar-refractivity contribution is -0.386. The van der Waals surface area contributed by atoms with Crippen LogP contribution in [0.15, 0.2) is 48.8 Å². The molecule has 0 bridgehead atoms. The number of fused-ring (bicyclic) bond motifs is 2. The van der Waals surface area contributed by atoms with E-state index >= 15 is 0 Å².